The molecule has 8 heteroatoms. The molecule has 34 heavy (non-hydrogen) atoms. The van der Waals surface area contributed by atoms with E-state index < -0.39 is 5.25 Å². The lowest BCUT2D eigenvalue weighted by atomic mass is 10.2. The van der Waals surface area contributed by atoms with Gasteiger partial charge >= 0.3 is 0 Å². The van der Waals surface area contributed by atoms with Crippen molar-refractivity contribution >= 4 is 40.0 Å². The van der Waals surface area contributed by atoms with Crippen LogP contribution in [-0.2, 0) is 11.3 Å². The lowest BCUT2D eigenvalue weighted by Crippen LogP contribution is -2.24. The first-order chi connectivity index (χ1) is 16.5. The van der Waals surface area contributed by atoms with Gasteiger partial charge in [-0.05, 0) is 49.2 Å². The van der Waals surface area contributed by atoms with Gasteiger partial charge in [-0.25, -0.2) is 0 Å². The fourth-order valence-corrected chi connectivity index (χ4v) is 4.75. The highest BCUT2D eigenvalue weighted by molar-refractivity contribution is 8.00. The number of carbonyl (C=O) groups excluding carboxylic acids is 1. The van der Waals surface area contributed by atoms with Gasteiger partial charge in [-0.1, -0.05) is 66.4 Å². The van der Waals surface area contributed by atoms with Crippen LogP contribution in [0.2, 0.25) is 0 Å². The summed E-state index contributed by atoms with van der Waals surface area (Å²) < 4.78 is 3.49. The number of hydrogen-bond acceptors (Lipinski definition) is 5. The van der Waals surface area contributed by atoms with Gasteiger partial charge in [0.25, 0.3) is 5.56 Å². The van der Waals surface area contributed by atoms with E-state index in [0.29, 0.717) is 28.4 Å². The van der Waals surface area contributed by atoms with Gasteiger partial charge in [0, 0.05) is 5.69 Å². The van der Waals surface area contributed by atoms with Gasteiger partial charge in [-0.3, -0.25) is 18.6 Å². The van der Waals surface area contributed by atoms with Crippen molar-refractivity contribution in [2.45, 2.75) is 30.8 Å². The molecule has 0 aliphatic heterocycles. The van der Waals surface area contributed by atoms with Crippen molar-refractivity contribution in [3.8, 4) is 0 Å². The zero-order chi connectivity index (χ0) is 23.7. The molecule has 0 aliphatic carbocycles. The average molecular weight is 470 g/mol. The number of aromatic nitrogens is 4. The number of carbonyl (C=O) groups is 1. The maximum absolute atomic E-state index is 13.3. The highest BCUT2D eigenvalue weighted by Gasteiger charge is 2.22. The molecule has 1 amide bonds. The minimum absolute atomic E-state index is 0.124. The summed E-state index contributed by atoms with van der Waals surface area (Å²) in [6.45, 7) is 4.19. The minimum Gasteiger partial charge on any atom is -0.325 e. The van der Waals surface area contributed by atoms with E-state index in [1.807, 2.05) is 91.0 Å². The van der Waals surface area contributed by atoms with Gasteiger partial charge in [0.2, 0.25) is 11.7 Å². The molecule has 3 aromatic carbocycles. The van der Waals surface area contributed by atoms with Crippen molar-refractivity contribution in [2.24, 2.45) is 0 Å². The Morgan fingerprint density at radius 3 is 2.56 bits per heavy atom. The number of rotatable bonds is 6. The fraction of sp³-hybridized carbons (Fsp3) is 0.154. The third kappa shape index (κ3) is 4.20. The van der Waals surface area contributed by atoms with Gasteiger partial charge in [0.1, 0.15) is 0 Å². The molecule has 1 unspecified atom stereocenters. The van der Waals surface area contributed by atoms with E-state index in [4.69, 9.17) is 0 Å². The van der Waals surface area contributed by atoms with E-state index in [0.717, 1.165) is 16.8 Å². The Kier molecular flexibility index (Phi) is 5.90. The smallest absolute Gasteiger partial charge is 0.263 e. The molecule has 1 N–H and O–H groups in total. The normalized spacial score (nSPS) is 12.2. The van der Waals surface area contributed by atoms with Crippen molar-refractivity contribution < 1.29 is 4.79 Å². The Bertz CT molecular complexity index is 1560. The third-order valence-electron chi connectivity index (χ3n) is 5.60. The van der Waals surface area contributed by atoms with Gasteiger partial charge in [-0.15, -0.1) is 10.2 Å². The molecule has 2 aromatic heterocycles. The molecule has 5 rings (SSSR count). The number of hydrogen-bond donors (Lipinski definition) is 1. The molecular weight excluding hydrogens is 446 g/mol. The minimum atomic E-state index is -0.429. The molecule has 170 valence electrons. The summed E-state index contributed by atoms with van der Waals surface area (Å²) in [6.07, 6.45) is 0. The molecule has 2 heterocycles. The second kappa shape index (κ2) is 9.15. The second-order valence-electron chi connectivity index (χ2n) is 8.13. The highest BCUT2D eigenvalue weighted by Crippen LogP contribution is 2.26. The number of nitrogens with zero attached hydrogens (tertiary/aromatic N) is 4. The molecule has 0 fully saturated rings. The molecule has 0 spiro atoms. The van der Waals surface area contributed by atoms with Crippen molar-refractivity contribution in [3.63, 3.8) is 0 Å². The van der Waals surface area contributed by atoms with E-state index >= 15 is 0 Å². The van der Waals surface area contributed by atoms with E-state index in [1.165, 1.54) is 11.8 Å². The van der Waals surface area contributed by atoms with Crippen LogP contribution in [0, 0.1) is 6.92 Å². The Balaban J connectivity index is 1.53. The first kappa shape index (κ1) is 21.9. The number of nitrogens with one attached hydrogen (secondary N) is 1. The summed E-state index contributed by atoms with van der Waals surface area (Å²) in [6, 6.07) is 24.9. The van der Waals surface area contributed by atoms with Gasteiger partial charge in [0.05, 0.1) is 22.7 Å². The maximum atomic E-state index is 13.3. The van der Waals surface area contributed by atoms with Crippen molar-refractivity contribution in [1.29, 1.82) is 0 Å². The number of aryl methyl sites for hydroxylation is 1. The lowest BCUT2D eigenvalue weighted by molar-refractivity contribution is -0.115. The second-order valence-corrected chi connectivity index (χ2v) is 9.44. The predicted octanol–water partition coefficient (Wildman–Crippen LogP) is 4.52. The average Bonchev–Trinajstić information content (AvgIpc) is 3.26. The van der Waals surface area contributed by atoms with E-state index in [-0.39, 0.29) is 11.5 Å². The van der Waals surface area contributed by atoms with Crippen molar-refractivity contribution in [2.75, 3.05) is 5.32 Å². The lowest BCUT2D eigenvalue weighted by Gasteiger charge is -2.13. The highest BCUT2D eigenvalue weighted by atomic mass is 32.2. The Morgan fingerprint density at radius 1 is 1.00 bits per heavy atom. The zero-order valence-corrected chi connectivity index (χ0v) is 19.6. The third-order valence-corrected chi connectivity index (χ3v) is 6.64. The molecule has 5 aromatic rings. The molecule has 1 atom stereocenters. The molecule has 0 saturated heterocycles. The molecule has 7 nitrogen and oxygen atoms in total. The summed E-state index contributed by atoms with van der Waals surface area (Å²) >= 11 is 1.31. The fourth-order valence-electron chi connectivity index (χ4n) is 3.90. The number of para-hydroxylation sites is 1. The number of thioether (sulfide) groups is 1. The number of anilines is 1. The Hall–Kier alpha value is -3.91. The number of amides is 1. The SMILES string of the molecule is Cc1cccc(NC(=O)C(C)Sc2nnc3n(Cc4ccccc4)c(=O)c4ccccc4n23)c1. The van der Waals surface area contributed by atoms with E-state index in [1.54, 1.807) is 10.6 Å². The Morgan fingerprint density at radius 2 is 1.76 bits per heavy atom. The van der Waals surface area contributed by atoms with Gasteiger partial charge in [-0.2, -0.15) is 0 Å². The van der Waals surface area contributed by atoms with Crippen LogP contribution in [0.5, 0.6) is 0 Å². The zero-order valence-electron chi connectivity index (χ0n) is 18.8. The first-order valence-corrected chi connectivity index (χ1v) is 11.8. The maximum Gasteiger partial charge on any atom is 0.263 e. The van der Waals surface area contributed by atoms with Crippen LogP contribution >= 0.6 is 11.8 Å². The standard InChI is InChI=1S/C26H23N5O2S/c1-17-9-8-12-20(15-17)27-23(32)18(2)34-26-29-28-25-30(16-19-10-4-3-5-11-19)24(33)21-13-6-7-14-22(21)31(25)26/h3-15,18H,16H2,1-2H3,(H,27,32). The van der Waals surface area contributed by atoms with E-state index in [9.17, 15) is 9.59 Å². The molecule has 0 bridgehead atoms. The van der Waals surface area contributed by atoms with Crippen LogP contribution in [-0.4, -0.2) is 30.3 Å². The van der Waals surface area contributed by atoms with Crippen LogP contribution in [0.4, 0.5) is 5.69 Å². The van der Waals surface area contributed by atoms with Crippen LogP contribution in [0.1, 0.15) is 18.1 Å². The summed E-state index contributed by atoms with van der Waals surface area (Å²) in [5.74, 6) is 0.315. The van der Waals surface area contributed by atoms with Crippen molar-refractivity contribution in [3.05, 3.63) is 100 Å². The predicted molar refractivity (Wildman–Crippen MR) is 135 cm³/mol. The summed E-state index contributed by atoms with van der Waals surface area (Å²) in [5, 5.41) is 12.4. The van der Waals surface area contributed by atoms with Gasteiger partial charge in [0.15, 0.2) is 5.16 Å². The largest absolute Gasteiger partial charge is 0.325 e. The van der Waals surface area contributed by atoms with Crippen molar-refractivity contribution in [1.82, 2.24) is 19.2 Å². The van der Waals surface area contributed by atoms with Crippen LogP contribution in [0.3, 0.4) is 0 Å². The summed E-state index contributed by atoms with van der Waals surface area (Å²) in [4.78, 5) is 26.2. The monoisotopic (exact) mass is 469 g/mol. The number of fused-ring (bicyclic) bond motifs is 3. The van der Waals surface area contributed by atoms with Gasteiger partial charge < -0.3 is 5.32 Å². The van der Waals surface area contributed by atoms with Crippen LogP contribution in [0.25, 0.3) is 16.7 Å². The van der Waals surface area contributed by atoms with Crippen LogP contribution in [0.15, 0.2) is 88.8 Å². The molecule has 0 radical (unpaired) electrons. The molecule has 0 saturated carbocycles. The number of benzene rings is 3. The molecular formula is C26H23N5O2S. The van der Waals surface area contributed by atoms with E-state index in [2.05, 4.69) is 15.5 Å². The quantitative estimate of drug-likeness (QED) is 0.370. The van der Waals surface area contributed by atoms with Crippen LogP contribution < -0.4 is 10.9 Å². The molecule has 0 aliphatic rings. The summed E-state index contributed by atoms with van der Waals surface area (Å²) in [7, 11) is 0. The Labute approximate surface area is 200 Å². The summed E-state index contributed by atoms with van der Waals surface area (Å²) in [5.41, 5.74) is 3.41. The topological polar surface area (TPSA) is 81.3 Å². The first-order valence-electron chi connectivity index (χ1n) is 11.0.